The molecule has 1 aromatic heterocycles. The minimum Gasteiger partial charge on any atom is -0.484 e. The Kier molecular flexibility index (Phi) is 6.21. The lowest BCUT2D eigenvalue weighted by Crippen LogP contribution is -2.38. The molecule has 1 aliphatic heterocycles. The molecular weight excluding hydrogens is 353 g/mol. The molecule has 1 aliphatic rings. The van der Waals surface area contributed by atoms with Gasteiger partial charge in [0.2, 0.25) is 0 Å². The summed E-state index contributed by atoms with van der Waals surface area (Å²) >= 11 is 1.41. The van der Waals surface area contributed by atoms with Crippen LogP contribution in [0.15, 0.2) is 29.6 Å². The normalized spacial score (nSPS) is 20.7. The number of hydrogen-bond donors (Lipinski definition) is 1. The van der Waals surface area contributed by atoms with Gasteiger partial charge in [0, 0.05) is 31.1 Å². The van der Waals surface area contributed by atoms with Gasteiger partial charge in [-0.1, -0.05) is 19.9 Å². The second-order valence-corrected chi connectivity index (χ2v) is 7.94. The number of carbonyl (C=O) groups is 1. The fourth-order valence-electron chi connectivity index (χ4n) is 3.45. The van der Waals surface area contributed by atoms with E-state index in [4.69, 9.17) is 4.74 Å². The van der Waals surface area contributed by atoms with Crippen LogP contribution in [-0.2, 0) is 11.3 Å². The third-order valence-corrected chi connectivity index (χ3v) is 5.10. The molecule has 0 aliphatic carbocycles. The summed E-state index contributed by atoms with van der Waals surface area (Å²) in [5.74, 6) is 1.03. The minimum atomic E-state index is -0.395. The Morgan fingerprint density at radius 2 is 2.15 bits per heavy atom. The summed E-state index contributed by atoms with van der Waals surface area (Å²) in [5.41, 5.74) is 0.970. The van der Waals surface area contributed by atoms with Crippen molar-refractivity contribution < 1.29 is 13.9 Å². The Balaban J connectivity index is 1.47. The lowest BCUT2D eigenvalue weighted by molar-refractivity contribution is -0.118. The van der Waals surface area contributed by atoms with Gasteiger partial charge in [-0.05, 0) is 30.4 Å². The molecular formula is C19H24FN3O2S. The Hall–Kier alpha value is -1.99. The number of ether oxygens (including phenoxy) is 1. The van der Waals surface area contributed by atoms with Crippen molar-refractivity contribution >= 4 is 22.4 Å². The molecule has 26 heavy (non-hydrogen) atoms. The molecule has 2 aromatic rings. The maximum Gasteiger partial charge on any atom is 0.264 e. The van der Waals surface area contributed by atoms with E-state index >= 15 is 0 Å². The van der Waals surface area contributed by atoms with Crippen molar-refractivity contribution in [3.63, 3.8) is 0 Å². The molecule has 0 spiro atoms. The lowest BCUT2D eigenvalue weighted by Gasteiger charge is -2.34. The van der Waals surface area contributed by atoms with Crippen LogP contribution in [0.4, 0.5) is 9.52 Å². The molecule has 2 atom stereocenters. The Labute approximate surface area is 157 Å². The van der Waals surface area contributed by atoms with Crippen LogP contribution < -0.4 is 10.1 Å². The fraction of sp³-hybridized carbons (Fsp3) is 0.474. The highest BCUT2D eigenvalue weighted by Gasteiger charge is 2.22. The van der Waals surface area contributed by atoms with Gasteiger partial charge in [0.05, 0.1) is 5.69 Å². The van der Waals surface area contributed by atoms with E-state index in [0.717, 1.165) is 25.3 Å². The van der Waals surface area contributed by atoms with Gasteiger partial charge in [-0.25, -0.2) is 9.37 Å². The van der Waals surface area contributed by atoms with Crippen molar-refractivity contribution in [2.24, 2.45) is 11.8 Å². The summed E-state index contributed by atoms with van der Waals surface area (Å²) in [4.78, 5) is 18.9. The van der Waals surface area contributed by atoms with Crippen LogP contribution in [0.2, 0.25) is 0 Å². The molecule has 3 rings (SSSR count). The summed E-state index contributed by atoms with van der Waals surface area (Å²) in [6.45, 7) is 7.37. The zero-order valence-electron chi connectivity index (χ0n) is 15.1. The van der Waals surface area contributed by atoms with Crippen molar-refractivity contribution in [2.45, 2.75) is 26.8 Å². The standard InChI is InChI=1S/C19H24FN3O2S/c1-13-6-14(2)9-23(8-13)10-16-12-26-19(21-16)22-18(24)11-25-17-5-3-4-15(20)7-17/h3-5,7,12-14H,6,8-11H2,1-2H3,(H,21,22,24)/t13-,14-/m0/s1. The first-order valence-electron chi connectivity index (χ1n) is 8.83. The number of rotatable bonds is 6. The number of aromatic nitrogens is 1. The Morgan fingerprint density at radius 3 is 2.88 bits per heavy atom. The summed E-state index contributed by atoms with van der Waals surface area (Å²) < 4.78 is 18.4. The van der Waals surface area contributed by atoms with E-state index in [1.807, 2.05) is 5.38 Å². The van der Waals surface area contributed by atoms with Crippen LogP contribution in [0.5, 0.6) is 5.75 Å². The molecule has 0 bridgehead atoms. The van der Waals surface area contributed by atoms with Crippen LogP contribution >= 0.6 is 11.3 Å². The van der Waals surface area contributed by atoms with Crippen molar-refractivity contribution in [3.8, 4) is 5.75 Å². The number of thiazole rings is 1. The number of carbonyl (C=O) groups excluding carboxylic acids is 1. The molecule has 0 radical (unpaired) electrons. The summed E-state index contributed by atoms with van der Waals surface area (Å²) in [7, 11) is 0. The first kappa shape index (κ1) is 18.8. The first-order chi connectivity index (χ1) is 12.5. The zero-order chi connectivity index (χ0) is 18.5. The molecule has 1 saturated heterocycles. The minimum absolute atomic E-state index is 0.181. The number of nitrogens with zero attached hydrogens (tertiary/aromatic N) is 2. The maximum absolute atomic E-state index is 13.1. The van der Waals surface area contributed by atoms with E-state index in [0.29, 0.717) is 22.7 Å². The van der Waals surface area contributed by atoms with E-state index in [2.05, 4.69) is 29.0 Å². The van der Waals surface area contributed by atoms with E-state index in [1.54, 1.807) is 6.07 Å². The van der Waals surface area contributed by atoms with E-state index in [-0.39, 0.29) is 12.5 Å². The second-order valence-electron chi connectivity index (χ2n) is 7.08. The molecule has 2 heterocycles. The van der Waals surface area contributed by atoms with Gasteiger partial charge in [-0.3, -0.25) is 15.0 Å². The van der Waals surface area contributed by atoms with Crippen molar-refractivity contribution in [2.75, 3.05) is 25.0 Å². The van der Waals surface area contributed by atoms with Gasteiger partial charge in [-0.2, -0.15) is 0 Å². The molecule has 0 saturated carbocycles. The number of likely N-dealkylation sites (tertiary alicyclic amines) is 1. The largest absolute Gasteiger partial charge is 0.484 e. The third kappa shape index (κ3) is 5.51. The molecule has 1 amide bonds. The molecule has 1 fully saturated rings. The molecule has 5 nitrogen and oxygen atoms in total. The number of halogens is 1. The van der Waals surface area contributed by atoms with Gasteiger partial charge >= 0.3 is 0 Å². The van der Waals surface area contributed by atoms with Crippen LogP contribution in [0, 0.1) is 17.7 Å². The van der Waals surface area contributed by atoms with Crippen LogP contribution in [0.1, 0.15) is 26.0 Å². The average Bonchev–Trinajstić information content (AvgIpc) is 2.99. The second kappa shape index (κ2) is 8.60. The number of piperidine rings is 1. The lowest BCUT2D eigenvalue weighted by atomic mass is 9.92. The number of benzene rings is 1. The van der Waals surface area contributed by atoms with Gasteiger partial charge in [-0.15, -0.1) is 11.3 Å². The predicted octanol–water partition coefficient (Wildman–Crippen LogP) is 3.78. The van der Waals surface area contributed by atoms with Crippen LogP contribution in [0.3, 0.4) is 0 Å². The third-order valence-electron chi connectivity index (χ3n) is 4.29. The van der Waals surface area contributed by atoms with Crippen molar-refractivity contribution in [1.29, 1.82) is 0 Å². The van der Waals surface area contributed by atoms with Crippen molar-refractivity contribution in [1.82, 2.24) is 9.88 Å². The van der Waals surface area contributed by atoms with Gasteiger partial charge < -0.3 is 4.74 Å². The summed E-state index contributed by atoms with van der Waals surface area (Å²) in [6.07, 6.45) is 1.28. The smallest absolute Gasteiger partial charge is 0.264 e. The highest BCUT2D eigenvalue weighted by molar-refractivity contribution is 7.13. The van der Waals surface area contributed by atoms with Gasteiger partial charge in [0.15, 0.2) is 11.7 Å². The SMILES string of the molecule is C[C@H]1C[C@H](C)CN(Cc2csc(NC(=O)COc3cccc(F)c3)n2)C1. The number of amides is 1. The Bertz CT molecular complexity index is 742. The highest BCUT2D eigenvalue weighted by atomic mass is 32.1. The zero-order valence-corrected chi connectivity index (χ0v) is 15.9. The molecule has 1 aromatic carbocycles. The molecule has 0 unspecified atom stereocenters. The molecule has 1 N–H and O–H groups in total. The number of anilines is 1. The van der Waals surface area contributed by atoms with E-state index in [1.165, 1.54) is 36.0 Å². The first-order valence-corrected chi connectivity index (χ1v) is 9.71. The van der Waals surface area contributed by atoms with Gasteiger partial charge in [0.25, 0.3) is 5.91 Å². The average molecular weight is 377 g/mol. The maximum atomic E-state index is 13.1. The Morgan fingerprint density at radius 1 is 1.38 bits per heavy atom. The quantitative estimate of drug-likeness (QED) is 0.832. The monoisotopic (exact) mass is 377 g/mol. The fourth-order valence-corrected chi connectivity index (χ4v) is 4.17. The molecule has 7 heteroatoms. The van der Waals surface area contributed by atoms with Gasteiger partial charge in [0.1, 0.15) is 11.6 Å². The van der Waals surface area contributed by atoms with E-state index < -0.39 is 5.82 Å². The van der Waals surface area contributed by atoms with E-state index in [9.17, 15) is 9.18 Å². The summed E-state index contributed by atoms with van der Waals surface area (Å²) in [6, 6.07) is 5.72. The highest BCUT2D eigenvalue weighted by Crippen LogP contribution is 2.24. The topological polar surface area (TPSA) is 54.5 Å². The van der Waals surface area contributed by atoms with Crippen molar-refractivity contribution in [3.05, 3.63) is 41.2 Å². The van der Waals surface area contributed by atoms with Crippen LogP contribution in [-0.4, -0.2) is 35.5 Å². The van der Waals surface area contributed by atoms with Crippen LogP contribution in [0.25, 0.3) is 0 Å². The summed E-state index contributed by atoms with van der Waals surface area (Å²) in [5, 5.41) is 5.27. The number of hydrogen-bond acceptors (Lipinski definition) is 5. The molecule has 140 valence electrons. The number of nitrogens with one attached hydrogen (secondary N) is 1. The predicted molar refractivity (Wildman–Crippen MR) is 101 cm³/mol.